The number of fused-ring (bicyclic) bond motifs is 1. The smallest absolute Gasteiger partial charge is 0.262 e. The van der Waals surface area contributed by atoms with Crippen molar-refractivity contribution < 1.29 is 4.79 Å². The molecule has 7 nitrogen and oxygen atoms in total. The third kappa shape index (κ3) is 2.65. The van der Waals surface area contributed by atoms with Crippen molar-refractivity contribution in [1.29, 1.82) is 0 Å². The molecule has 4 aromatic rings. The number of aromatic nitrogens is 5. The van der Waals surface area contributed by atoms with Crippen molar-refractivity contribution in [2.24, 2.45) is 0 Å². The Kier molecular flexibility index (Phi) is 3.74. The van der Waals surface area contributed by atoms with Crippen LogP contribution in [0, 0.1) is 0 Å². The fraction of sp³-hybridized carbons (Fsp3) is 0.111. The molecule has 0 spiro atoms. The molecule has 7 heteroatoms. The van der Waals surface area contributed by atoms with Gasteiger partial charge in [0.1, 0.15) is 11.4 Å². The van der Waals surface area contributed by atoms with Gasteiger partial charge in [-0.3, -0.25) is 4.79 Å². The predicted octanol–water partition coefficient (Wildman–Crippen LogP) is 2.73. The van der Waals surface area contributed by atoms with E-state index >= 15 is 0 Å². The van der Waals surface area contributed by atoms with E-state index in [0.29, 0.717) is 17.0 Å². The first kappa shape index (κ1) is 15.1. The lowest BCUT2D eigenvalue weighted by Crippen LogP contribution is -2.15. The summed E-state index contributed by atoms with van der Waals surface area (Å²) in [6.45, 7) is 2.09. The molecule has 1 aromatic carbocycles. The topological polar surface area (TPSA) is 77.1 Å². The highest BCUT2D eigenvalue weighted by atomic mass is 16.1. The molecule has 0 aliphatic rings. The Labute approximate surface area is 143 Å². The summed E-state index contributed by atoms with van der Waals surface area (Å²) in [4.78, 5) is 16.9. The third-order valence-corrected chi connectivity index (χ3v) is 4.01. The first-order chi connectivity index (χ1) is 12.3. The van der Waals surface area contributed by atoms with Crippen LogP contribution in [0.4, 0.5) is 5.82 Å². The molecule has 4 rings (SSSR count). The largest absolute Gasteiger partial charge is 0.306 e. The van der Waals surface area contributed by atoms with Gasteiger partial charge in [-0.1, -0.05) is 25.1 Å². The van der Waals surface area contributed by atoms with E-state index < -0.39 is 0 Å². The van der Waals surface area contributed by atoms with Gasteiger partial charge in [0.05, 0.1) is 18.1 Å². The summed E-state index contributed by atoms with van der Waals surface area (Å²) in [5.41, 5.74) is 3.03. The number of nitrogens with zero attached hydrogens (tertiary/aromatic N) is 5. The van der Waals surface area contributed by atoms with Crippen LogP contribution < -0.4 is 5.32 Å². The monoisotopic (exact) mass is 332 g/mol. The maximum absolute atomic E-state index is 12.7. The number of rotatable bonds is 4. The minimum absolute atomic E-state index is 0.274. The van der Waals surface area contributed by atoms with E-state index in [0.717, 1.165) is 17.7 Å². The number of hydrogen-bond acceptors (Lipinski definition) is 4. The van der Waals surface area contributed by atoms with E-state index in [9.17, 15) is 4.79 Å². The molecule has 25 heavy (non-hydrogen) atoms. The van der Waals surface area contributed by atoms with Crippen LogP contribution in [0.15, 0.2) is 61.2 Å². The number of anilines is 1. The average molecular weight is 332 g/mol. The molecule has 0 atom stereocenters. The number of nitrogens with one attached hydrogen (secondary N) is 1. The fourth-order valence-corrected chi connectivity index (χ4v) is 2.78. The van der Waals surface area contributed by atoms with Crippen LogP contribution in [0.25, 0.3) is 11.3 Å². The molecular formula is C18H16N6O. The minimum atomic E-state index is -0.274. The highest BCUT2D eigenvalue weighted by molar-refractivity contribution is 6.07. The summed E-state index contributed by atoms with van der Waals surface area (Å²) < 4.78 is 3.30. The molecular weight excluding hydrogens is 316 g/mol. The number of benzene rings is 1. The van der Waals surface area contributed by atoms with Gasteiger partial charge in [0.25, 0.3) is 5.91 Å². The summed E-state index contributed by atoms with van der Waals surface area (Å²) in [6.07, 6.45) is 7.44. The summed E-state index contributed by atoms with van der Waals surface area (Å²) in [5.74, 6) is 0.325. The summed E-state index contributed by atoms with van der Waals surface area (Å²) in [7, 11) is 0. The van der Waals surface area contributed by atoms with Crippen molar-refractivity contribution in [3.05, 3.63) is 72.3 Å². The zero-order chi connectivity index (χ0) is 17.2. The molecule has 0 aliphatic heterocycles. The lowest BCUT2D eigenvalue weighted by atomic mass is 10.1. The predicted molar refractivity (Wildman–Crippen MR) is 93.9 cm³/mol. The van der Waals surface area contributed by atoms with Crippen LogP contribution in [-0.4, -0.2) is 30.3 Å². The first-order valence-corrected chi connectivity index (χ1v) is 8.00. The zero-order valence-corrected chi connectivity index (χ0v) is 13.6. The summed E-state index contributed by atoms with van der Waals surface area (Å²) >= 11 is 0. The van der Waals surface area contributed by atoms with E-state index in [4.69, 9.17) is 0 Å². The van der Waals surface area contributed by atoms with Gasteiger partial charge in [-0.25, -0.2) is 14.2 Å². The third-order valence-electron chi connectivity index (χ3n) is 4.01. The van der Waals surface area contributed by atoms with Crippen molar-refractivity contribution >= 4 is 17.4 Å². The van der Waals surface area contributed by atoms with Crippen molar-refractivity contribution in [2.45, 2.75) is 13.3 Å². The van der Waals surface area contributed by atoms with Crippen LogP contribution in [-0.2, 0) is 6.42 Å². The van der Waals surface area contributed by atoms with Gasteiger partial charge >= 0.3 is 0 Å². The van der Waals surface area contributed by atoms with Crippen LogP contribution in [0.3, 0.4) is 0 Å². The highest BCUT2D eigenvalue weighted by Crippen LogP contribution is 2.20. The SMILES string of the molecule is CCc1ccccc1-n1nccc1NC(=O)c1cnn2cccnc12. The number of carbonyl (C=O) groups excluding carboxylic acids is 1. The molecule has 1 amide bonds. The van der Waals surface area contributed by atoms with E-state index in [-0.39, 0.29) is 5.91 Å². The van der Waals surface area contributed by atoms with Crippen molar-refractivity contribution in [2.75, 3.05) is 5.32 Å². The Morgan fingerprint density at radius 2 is 2.00 bits per heavy atom. The Bertz CT molecular complexity index is 1050. The van der Waals surface area contributed by atoms with Gasteiger partial charge in [-0.15, -0.1) is 0 Å². The quantitative estimate of drug-likeness (QED) is 0.623. The van der Waals surface area contributed by atoms with Gasteiger partial charge in [0, 0.05) is 18.5 Å². The summed E-state index contributed by atoms with van der Waals surface area (Å²) in [6, 6.07) is 11.5. The van der Waals surface area contributed by atoms with Gasteiger partial charge < -0.3 is 5.32 Å². The first-order valence-electron chi connectivity index (χ1n) is 8.00. The van der Waals surface area contributed by atoms with E-state index in [2.05, 4.69) is 33.5 Å². The Morgan fingerprint density at radius 1 is 1.12 bits per heavy atom. The maximum Gasteiger partial charge on any atom is 0.262 e. The van der Waals surface area contributed by atoms with Gasteiger partial charge in [0.15, 0.2) is 5.65 Å². The normalized spacial score (nSPS) is 10.9. The highest BCUT2D eigenvalue weighted by Gasteiger charge is 2.16. The Balaban J connectivity index is 1.68. The lowest BCUT2D eigenvalue weighted by Gasteiger charge is -2.12. The van der Waals surface area contributed by atoms with Crippen LogP contribution in [0.1, 0.15) is 22.8 Å². The number of amides is 1. The molecule has 0 unspecified atom stereocenters. The van der Waals surface area contributed by atoms with Gasteiger partial charge in [0.2, 0.25) is 0 Å². The standard InChI is InChI=1S/C18H16N6O/c1-2-13-6-3-4-7-15(13)24-16(8-10-20-24)22-18(25)14-12-21-23-11-5-9-19-17(14)23/h3-12H,2H2,1H3,(H,22,25). The summed E-state index contributed by atoms with van der Waals surface area (Å²) in [5, 5.41) is 11.4. The van der Waals surface area contributed by atoms with E-state index in [1.54, 1.807) is 39.9 Å². The molecule has 3 aromatic heterocycles. The Hall–Kier alpha value is -3.48. The van der Waals surface area contributed by atoms with Crippen LogP contribution in [0.2, 0.25) is 0 Å². The van der Waals surface area contributed by atoms with E-state index in [1.165, 1.54) is 6.20 Å². The number of hydrogen-bond donors (Lipinski definition) is 1. The molecule has 3 heterocycles. The molecule has 0 radical (unpaired) electrons. The van der Waals surface area contributed by atoms with Crippen molar-refractivity contribution in [3.8, 4) is 5.69 Å². The zero-order valence-electron chi connectivity index (χ0n) is 13.6. The molecule has 0 fully saturated rings. The van der Waals surface area contributed by atoms with Crippen molar-refractivity contribution in [3.63, 3.8) is 0 Å². The molecule has 0 saturated carbocycles. The Morgan fingerprint density at radius 3 is 2.88 bits per heavy atom. The maximum atomic E-state index is 12.7. The van der Waals surface area contributed by atoms with Crippen LogP contribution >= 0.6 is 0 Å². The van der Waals surface area contributed by atoms with E-state index in [1.807, 2.05) is 18.2 Å². The number of para-hydroxylation sites is 1. The number of aryl methyl sites for hydroxylation is 1. The van der Waals surface area contributed by atoms with Crippen LogP contribution in [0.5, 0.6) is 0 Å². The molecule has 0 saturated heterocycles. The fourth-order valence-electron chi connectivity index (χ4n) is 2.78. The molecule has 0 bridgehead atoms. The second-order valence-electron chi connectivity index (χ2n) is 5.51. The van der Waals surface area contributed by atoms with Crippen molar-refractivity contribution in [1.82, 2.24) is 24.4 Å². The number of carbonyl (C=O) groups is 1. The molecule has 0 aliphatic carbocycles. The molecule has 1 N–H and O–H groups in total. The average Bonchev–Trinajstić information content (AvgIpc) is 3.28. The van der Waals surface area contributed by atoms with Gasteiger partial charge in [-0.05, 0) is 24.1 Å². The second kappa shape index (κ2) is 6.20. The lowest BCUT2D eigenvalue weighted by molar-refractivity contribution is 0.102. The van der Waals surface area contributed by atoms with Gasteiger partial charge in [-0.2, -0.15) is 10.2 Å². The minimum Gasteiger partial charge on any atom is -0.306 e. The second-order valence-corrected chi connectivity index (χ2v) is 5.51. The molecule has 124 valence electrons.